The average Bonchev–Trinajstić information content (AvgIpc) is 2.25. The SMILES string of the molecule is CC(C)(C)N[C@@H](CC1CCNCC1)C(=O)C(C)(C)C. The van der Waals surface area contributed by atoms with E-state index >= 15 is 0 Å². The van der Waals surface area contributed by atoms with Crippen molar-refractivity contribution in [2.24, 2.45) is 11.3 Å². The molecule has 112 valence electrons. The van der Waals surface area contributed by atoms with Gasteiger partial charge < -0.3 is 10.6 Å². The van der Waals surface area contributed by atoms with Gasteiger partial charge in [0.25, 0.3) is 0 Å². The molecule has 1 heterocycles. The summed E-state index contributed by atoms with van der Waals surface area (Å²) in [4.78, 5) is 12.6. The summed E-state index contributed by atoms with van der Waals surface area (Å²) < 4.78 is 0. The molecule has 0 aromatic rings. The van der Waals surface area contributed by atoms with Gasteiger partial charge in [0, 0.05) is 11.0 Å². The molecule has 3 nitrogen and oxygen atoms in total. The van der Waals surface area contributed by atoms with Crippen molar-refractivity contribution in [3.8, 4) is 0 Å². The second-order valence-electron chi connectivity index (χ2n) is 7.99. The van der Waals surface area contributed by atoms with E-state index in [1.165, 1.54) is 12.8 Å². The summed E-state index contributed by atoms with van der Waals surface area (Å²) in [7, 11) is 0. The molecule has 1 aliphatic heterocycles. The third kappa shape index (κ3) is 6.05. The minimum absolute atomic E-state index is 0.0110. The predicted octanol–water partition coefficient (Wildman–Crippen LogP) is 2.75. The van der Waals surface area contributed by atoms with Crippen molar-refractivity contribution in [2.45, 2.75) is 72.4 Å². The lowest BCUT2D eigenvalue weighted by molar-refractivity contribution is -0.129. The Morgan fingerprint density at radius 2 is 1.68 bits per heavy atom. The molecular formula is C16H32N2O. The van der Waals surface area contributed by atoms with Crippen LogP contribution in [0.3, 0.4) is 0 Å². The van der Waals surface area contributed by atoms with Crippen LogP contribution < -0.4 is 10.6 Å². The van der Waals surface area contributed by atoms with Crippen LogP contribution in [-0.2, 0) is 4.79 Å². The number of carbonyl (C=O) groups is 1. The number of carbonyl (C=O) groups excluding carboxylic acids is 1. The summed E-state index contributed by atoms with van der Waals surface area (Å²) in [5, 5.41) is 6.93. The molecule has 0 spiro atoms. The zero-order valence-corrected chi connectivity index (χ0v) is 13.6. The van der Waals surface area contributed by atoms with Gasteiger partial charge in [0.05, 0.1) is 6.04 Å². The van der Waals surface area contributed by atoms with Crippen LogP contribution in [0.1, 0.15) is 60.8 Å². The maximum absolute atomic E-state index is 12.6. The van der Waals surface area contributed by atoms with E-state index in [1.807, 2.05) is 20.8 Å². The van der Waals surface area contributed by atoms with Crippen molar-refractivity contribution in [2.75, 3.05) is 13.1 Å². The molecule has 1 rings (SSSR count). The summed E-state index contributed by atoms with van der Waals surface area (Å²) >= 11 is 0. The van der Waals surface area contributed by atoms with Crippen molar-refractivity contribution < 1.29 is 4.79 Å². The number of piperidine rings is 1. The fourth-order valence-corrected chi connectivity index (χ4v) is 2.73. The second-order valence-corrected chi connectivity index (χ2v) is 7.99. The predicted molar refractivity (Wildman–Crippen MR) is 81.3 cm³/mol. The van der Waals surface area contributed by atoms with Crippen LogP contribution in [-0.4, -0.2) is 30.5 Å². The maximum Gasteiger partial charge on any atom is 0.155 e. The van der Waals surface area contributed by atoms with E-state index in [0.29, 0.717) is 11.7 Å². The van der Waals surface area contributed by atoms with Gasteiger partial charge in [0.1, 0.15) is 0 Å². The highest BCUT2D eigenvalue weighted by Crippen LogP contribution is 2.25. The lowest BCUT2D eigenvalue weighted by Crippen LogP contribution is -2.52. The van der Waals surface area contributed by atoms with E-state index in [0.717, 1.165) is 19.5 Å². The molecule has 0 aliphatic carbocycles. The van der Waals surface area contributed by atoms with Crippen molar-refractivity contribution in [3.05, 3.63) is 0 Å². The van der Waals surface area contributed by atoms with Crippen LogP contribution in [0.5, 0.6) is 0 Å². The van der Waals surface area contributed by atoms with Gasteiger partial charge >= 0.3 is 0 Å². The standard InChI is InChI=1S/C16H32N2O/c1-15(2,3)14(19)13(18-16(4,5)6)11-12-7-9-17-10-8-12/h12-13,17-18H,7-11H2,1-6H3/t13-/m0/s1. The summed E-state index contributed by atoms with van der Waals surface area (Å²) in [6.07, 6.45) is 3.37. The van der Waals surface area contributed by atoms with Gasteiger partial charge in [-0.15, -0.1) is 0 Å². The molecule has 0 saturated carbocycles. The molecule has 0 amide bonds. The summed E-state index contributed by atoms with van der Waals surface area (Å²) in [5.74, 6) is 1.02. The molecular weight excluding hydrogens is 236 g/mol. The van der Waals surface area contributed by atoms with E-state index in [2.05, 4.69) is 31.4 Å². The van der Waals surface area contributed by atoms with Gasteiger partial charge in [-0.3, -0.25) is 4.79 Å². The highest BCUT2D eigenvalue weighted by molar-refractivity contribution is 5.88. The fourth-order valence-electron chi connectivity index (χ4n) is 2.73. The molecule has 0 aromatic heterocycles. The van der Waals surface area contributed by atoms with E-state index < -0.39 is 0 Å². The normalized spacial score (nSPS) is 20.3. The van der Waals surface area contributed by atoms with Gasteiger partial charge in [0.2, 0.25) is 0 Å². The number of hydrogen-bond donors (Lipinski definition) is 2. The van der Waals surface area contributed by atoms with Gasteiger partial charge in [0.15, 0.2) is 5.78 Å². The van der Waals surface area contributed by atoms with Crippen LogP contribution >= 0.6 is 0 Å². The Kier molecular flexibility index (Phi) is 5.57. The molecule has 0 radical (unpaired) electrons. The first-order valence-corrected chi connectivity index (χ1v) is 7.62. The van der Waals surface area contributed by atoms with Gasteiger partial charge in [-0.05, 0) is 59.0 Å². The number of rotatable bonds is 4. The van der Waals surface area contributed by atoms with E-state index in [-0.39, 0.29) is 17.0 Å². The van der Waals surface area contributed by atoms with Crippen LogP contribution in [0, 0.1) is 11.3 Å². The van der Waals surface area contributed by atoms with Crippen molar-refractivity contribution in [1.82, 2.24) is 10.6 Å². The molecule has 0 unspecified atom stereocenters. The Bertz CT molecular complexity index is 293. The Hall–Kier alpha value is -0.410. The fraction of sp³-hybridized carbons (Fsp3) is 0.938. The topological polar surface area (TPSA) is 41.1 Å². The molecule has 1 aliphatic rings. The minimum atomic E-state index is -0.268. The van der Waals surface area contributed by atoms with Gasteiger partial charge in [-0.1, -0.05) is 20.8 Å². The Morgan fingerprint density at radius 1 is 1.16 bits per heavy atom. The Labute approximate surface area is 118 Å². The lowest BCUT2D eigenvalue weighted by atomic mass is 9.80. The summed E-state index contributed by atoms with van der Waals surface area (Å²) in [5.41, 5.74) is -0.283. The van der Waals surface area contributed by atoms with Crippen molar-refractivity contribution in [3.63, 3.8) is 0 Å². The molecule has 3 heteroatoms. The number of hydrogen-bond acceptors (Lipinski definition) is 3. The number of Topliss-reactive ketones (excluding diaryl/α,β-unsaturated/α-hetero) is 1. The van der Waals surface area contributed by atoms with Crippen molar-refractivity contribution in [1.29, 1.82) is 0 Å². The van der Waals surface area contributed by atoms with Crippen LogP contribution in [0.2, 0.25) is 0 Å². The smallest absolute Gasteiger partial charge is 0.155 e. The van der Waals surface area contributed by atoms with E-state index in [9.17, 15) is 4.79 Å². The molecule has 1 saturated heterocycles. The van der Waals surface area contributed by atoms with Gasteiger partial charge in [-0.25, -0.2) is 0 Å². The molecule has 19 heavy (non-hydrogen) atoms. The molecule has 1 fully saturated rings. The minimum Gasteiger partial charge on any atom is -0.317 e. The van der Waals surface area contributed by atoms with E-state index in [4.69, 9.17) is 0 Å². The highest BCUT2D eigenvalue weighted by Gasteiger charge is 2.33. The first-order chi connectivity index (χ1) is 8.59. The quantitative estimate of drug-likeness (QED) is 0.824. The molecule has 0 bridgehead atoms. The number of ketones is 1. The Morgan fingerprint density at radius 3 is 2.11 bits per heavy atom. The largest absolute Gasteiger partial charge is 0.317 e. The highest BCUT2D eigenvalue weighted by atomic mass is 16.1. The van der Waals surface area contributed by atoms with Crippen molar-refractivity contribution >= 4 is 5.78 Å². The monoisotopic (exact) mass is 268 g/mol. The third-order valence-corrected chi connectivity index (χ3v) is 3.69. The molecule has 2 N–H and O–H groups in total. The molecule has 1 atom stereocenters. The molecule has 0 aromatic carbocycles. The van der Waals surface area contributed by atoms with E-state index in [1.54, 1.807) is 0 Å². The Balaban J connectivity index is 2.71. The average molecular weight is 268 g/mol. The summed E-state index contributed by atoms with van der Waals surface area (Å²) in [6, 6.07) is -0.0110. The third-order valence-electron chi connectivity index (χ3n) is 3.69. The van der Waals surface area contributed by atoms with Crippen LogP contribution in [0.4, 0.5) is 0 Å². The van der Waals surface area contributed by atoms with Crippen LogP contribution in [0.15, 0.2) is 0 Å². The zero-order valence-electron chi connectivity index (χ0n) is 13.6. The van der Waals surface area contributed by atoms with Crippen LogP contribution in [0.25, 0.3) is 0 Å². The first kappa shape index (κ1) is 16.6. The number of nitrogens with one attached hydrogen (secondary N) is 2. The second kappa shape index (κ2) is 6.36. The zero-order chi connectivity index (χ0) is 14.7. The first-order valence-electron chi connectivity index (χ1n) is 7.62. The maximum atomic E-state index is 12.6. The van der Waals surface area contributed by atoms with Gasteiger partial charge in [-0.2, -0.15) is 0 Å². The lowest BCUT2D eigenvalue weighted by Gasteiger charge is -2.34. The summed E-state index contributed by atoms with van der Waals surface area (Å²) in [6.45, 7) is 14.7.